The number of H-pyrrole nitrogens is 1. The second-order valence-corrected chi connectivity index (χ2v) is 10.3. The van der Waals surface area contributed by atoms with Gasteiger partial charge in [-0.25, -0.2) is 15.0 Å². The minimum atomic E-state index is 0.521. The predicted molar refractivity (Wildman–Crippen MR) is 152 cm³/mol. The molecule has 0 radical (unpaired) electrons. The quantitative estimate of drug-likeness (QED) is 0.230. The van der Waals surface area contributed by atoms with Gasteiger partial charge in [0.2, 0.25) is 0 Å². The van der Waals surface area contributed by atoms with Crippen LogP contribution >= 0.6 is 0 Å². The fourth-order valence-corrected chi connectivity index (χ4v) is 5.49. The molecule has 0 amide bonds. The van der Waals surface area contributed by atoms with Gasteiger partial charge in [0.05, 0.1) is 35.7 Å². The van der Waals surface area contributed by atoms with Gasteiger partial charge in [-0.05, 0) is 85.0 Å². The first-order valence-corrected chi connectivity index (χ1v) is 13.3. The molecular weight excluding hydrogens is 456 g/mol. The van der Waals surface area contributed by atoms with Crippen molar-refractivity contribution in [1.29, 1.82) is 0 Å². The number of aromatic amines is 1. The summed E-state index contributed by atoms with van der Waals surface area (Å²) < 4.78 is 5.43. The van der Waals surface area contributed by atoms with Gasteiger partial charge in [0.15, 0.2) is 0 Å². The number of benzene rings is 3. The first-order valence-electron chi connectivity index (χ1n) is 13.3. The minimum absolute atomic E-state index is 0.521. The molecule has 5 nitrogen and oxygen atoms in total. The maximum atomic E-state index is 5.43. The molecule has 2 heterocycles. The van der Waals surface area contributed by atoms with E-state index in [1.54, 1.807) is 13.4 Å². The fourth-order valence-electron chi connectivity index (χ4n) is 5.49. The zero-order chi connectivity index (χ0) is 25.9. The normalized spacial score (nSPS) is 13.2. The smallest absolute Gasteiger partial charge is 0.126 e. The summed E-state index contributed by atoms with van der Waals surface area (Å²) >= 11 is 0. The average Bonchev–Trinajstić information content (AvgIpc) is 3.37. The average molecular weight is 493 g/mol. The highest BCUT2D eigenvalue weighted by atomic mass is 16.5. The monoisotopic (exact) mass is 492 g/mol. The molecule has 1 N–H and O–H groups in total. The first kappa shape index (κ1) is 24.9. The molecule has 0 saturated carbocycles. The topological polar surface area (TPSA) is 63.7 Å². The SMILES string of the molecule is CCCC(Cc1nc(C)nc2cc(OC)ccc12)C(C)Cc1cc(-c2ccc3nc[nH]c3c2)ccc1C. The van der Waals surface area contributed by atoms with Crippen molar-refractivity contribution in [2.24, 2.45) is 11.8 Å². The molecule has 3 aromatic carbocycles. The Morgan fingerprint density at radius 2 is 1.70 bits per heavy atom. The van der Waals surface area contributed by atoms with E-state index in [2.05, 4.69) is 78.2 Å². The molecule has 37 heavy (non-hydrogen) atoms. The number of fused-ring (bicyclic) bond motifs is 2. The van der Waals surface area contributed by atoms with Crippen molar-refractivity contribution in [2.75, 3.05) is 7.11 Å². The van der Waals surface area contributed by atoms with E-state index < -0.39 is 0 Å². The number of aromatic nitrogens is 4. The molecule has 5 heteroatoms. The molecule has 2 atom stereocenters. The van der Waals surface area contributed by atoms with E-state index >= 15 is 0 Å². The van der Waals surface area contributed by atoms with E-state index in [-0.39, 0.29) is 0 Å². The Bertz CT molecular complexity index is 1540. The van der Waals surface area contributed by atoms with Crippen LogP contribution in [0.4, 0.5) is 0 Å². The van der Waals surface area contributed by atoms with Crippen molar-refractivity contribution in [3.63, 3.8) is 0 Å². The molecule has 0 aliphatic carbocycles. The zero-order valence-electron chi connectivity index (χ0n) is 22.5. The van der Waals surface area contributed by atoms with E-state index in [0.29, 0.717) is 11.8 Å². The van der Waals surface area contributed by atoms with Crippen LogP contribution in [0.1, 0.15) is 49.3 Å². The van der Waals surface area contributed by atoms with E-state index in [9.17, 15) is 0 Å². The zero-order valence-corrected chi connectivity index (χ0v) is 22.5. The van der Waals surface area contributed by atoms with Crippen molar-refractivity contribution < 1.29 is 4.74 Å². The molecule has 0 bridgehead atoms. The van der Waals surface area contributed by atoms with Gasteiger partial charge in [0, 0.05) is 11.5 Å². The van der Waals surface area contributed by atoms with Gasteiger partial charge in [0.25, 0.3) is 0 Å². The lowest BCUT2D eigenvalue weighted by Gasteiger charge is -2.25. The molecule has 0 spiro atoms. The molecule has 5 rings (SSSR count). The molecule has 0 saturated heterocycles. The van der Waals surface area contributed by atoms with Crippen molar-refractivity contribution in [2.45, 2.75) is 53.4 Å². The molecule has 190 valence electrons. The first-order chi connectivity index (χ1) is 17.9. The summed E-state index contributed by atoms with van der Waals surface area (Å²) in [4.78, 5) is 17.2. The second-order valence-electron chi connectivity index (χ2n) is 10.3. The maximum absolute atomic E-state index is 5.43. The van der Waals surface area contributed by atoms with Crippen LogP contribution in [0.15, 0.2) is 60.9 Å². The molecule has 2 unspecified atom stereocenters. The van der Waals surface area contributed by atoms with Gasteiger partial charge in [-0.1, -0.05) is 51.0 Å². The number of ether oxygens (including phenoxy) is 1. The van der Waals surface area contributed by atoms with Gasteiger partial charge in [-0.2, -0.15) is 0 Å². The van der Waals surface area contributed by atoms with Crippen LogP contribution in [0.5, 0.6) is 5.75 Å². The minimum Gasteiger partial charge on any atom is -0.497 e. The van der Waals surface area contributed by atoms with Crippen molar-refractivity contribution in [3.05, 3.63) is 83.6 Å². The lowest BCUT2D eigenvalue weighted by atomic mass is 9.81. The van der Waals surface area contributed by atoms with Crippen LogP contribution in [-0.4, -0.2) is 27.0 Å². The number of hydrogen-bond acceptors (Lipinski definition) is 4. The largest absolute Gasteiger partial charge is 0.497 e. The van der Waals surface area contributed by atoms with Crippen molar-refractivity contribution in [1.82, 2.24) is 19.9 Å². The van der Waals surface area contributed by atoms with Crippen LogP contribution in [0.2, 0.25) is 0 Å². The summed E-state index contributed by atoms with van der Waals surface area (Å²) in [7, 11) is 1.70. The Morgan fingerprint density at radius 1 is 0.892 bits per heavy atom. The second kappa shape index (κ2) is 10.7. The Hall–Kier alpha value is -3.73. The summed E-state index contributed by atoms with van der Waals surface area (Å²) in [6, 6.07) is 19.5. The van der Waals surface area contributed by atoms with Crippen LogP contribution in [0.25, 0.3) is 33.1 Å². The standard InChI is InChI=1S/C32H36N4O/c1-6-7-23(16-30-28-12-11-27(37-5)18-31(28)36-22(4)35-30)21(3)14-26-15-24(9-8-20(26)2)25-10-13-29-32(17-25)34-19-33-29/h8-13,15,17-19,21,23H,6-7,14,16H2,1-5H3,(H,33,34). The van der Waals surface area contributed by atoms with Gasteiger partial charge < -0.3 is 9.72 Å². The highest BCUT2D eigenvalue weighted by molar-refractivity contribution is 5.83. The number of rotatable bonds is 9. The van der Waals surface area contributed by atoms with Crippen molar-refractivity contribution in [3.8, 4) is 16.9 Å². The number of methoxy groups -OCH3 is 1. The lowest BCUT2D eigenvalue weighted by Crippen LogP contribution is -2.18. The third-order valence-corrected chi connectivity index (χ3v) is 7.66. The molecule has 0 aliphatic heterocycles. The van der Waals surface area contributed by atoms with Crippen LogP contribution < -0.4 is 4.74 Å². The number of aryl methyl sites for hydroxylation is 2. The van der Waals surface area contributed by atoms with Gasteiger partial charge in [-0.15, -0.1) is 0 Å². The molecule has 2 aromatic heterocycles. The third kappa shape index (κ3) is 5.36. The van der Waals surface area contributed by atoms with Gasteiger partial charge in [-0.3, -0.25) is 0 Å². The van der Waals surface area contributed by atoms with E-state index in [0.717, 1.165) is 58.5 Å². The summed E-state index contributed by atoms with van der Waals surface area (Å²) in [5, 5.41) is 1.13. The number of hydrogen-bond donors (Lipinski definition) is 1. The summed E-state index contributed by atoms with van der Waals surface area (Å²) in [5.41, 5.74) is 9.42. The van der Waals surface area contributed by atoms with E-state index in [1.807, 2.05) is 19.1 Å². The number of imidazole rings is 1. The predicted octanol–water partition coefficient (Wildman–Crippen LogP) is 7.64. The number of nitrogens with zero attached hydrogens (tertiary/aromatic N) is 3. The molecule has 0 fully saturated rings. The highest BCUT2D eigenvalue weighted by Gasteiger charge is 2.21. The fraction of sp³-hybridized carbons (Fsp3) is 0.344. The highest BCUT2D eigenvalue weighted by Crippen LogP contribution is 2.31. The van der Waals surface area contributed by atoms with Gasteiger partial charge >= 0.3 is 0 Å². The summed E-state index contributed by atoms with van der Waals surface area (Å²) in [6.45, 7) is 8.90. The summed E-state index contributed by atoms with van der Waals surface area (Å²) in [6.07, 6.45) is 6.09. The van der Waals surface area contributed by atoms with E-state index in [1.165, 1.54) is 28.7 Å². The maximum Gasteiger partial charge on any atom is 0.126 e. The van der Waals surface area contributed by atoms with Crippen LogP contribution in [-0.2, 0) is 12.8 Å². The Balaban J connectivity index is 1.41. The third-order valence-electron chi connectivity index (χ3n) is 7.66. The Labute approximate surface area is 219 Å². The summed E-state index contributed by atoms with van der Waals surface area (Å²) in [5.74, 6) is 2.70. The molecular formula is C32H36N4O. The van der Waals surface area contributed by atoms with Crippen LogP contribution in [0.3, 0.4) is 0 Å². The molecule has 0 aliphatic rings. The Kier molecular flexibility index (Phi) is 7.22. The lowest BCUT2D eigenvalue weighted by molar-refractivity contribution is 0.326. The van der Waals surface area contributed by atoms with Crippen LogP contribution in [0, 0.1) is 25.7 Å². The van der Waals surface area contributed by atoms with Gasteiger partial charge in [0.1, 0.15) is 11.6 Å². The van der Waals surface area contributed by atoms with E-state index in [4.69, 9.17) is 9.72 Å². The molecule has 5 aromatic rings. The Morgan fingerprint density at radius 3 is 2.51 bits per heavy atom. The van der Waals surface area contributed by atoms with Crippen molar-refractivity contribution >= 4 is 21.9 Å². The number of nitrogens with one attached hydrogen (secondary N) is 1.